The van der Waals surface area contributed by atoms with Gasteiger partial charge in [-0.05, 0) is 29.7 Å². The Labute approximate surface area is 165 Å². The smallest absolute Gasteiger partial charge is 0.243 e. The minimum atomic E-state index is -3.60. The molecule has 0 aliphatic carbocycles. The molecule has 0 saturated carbocycles. The van der Waals surface area contributed by atoms with E-state index in [1.165, 1.54) is 12.4 Å². The number of ether oxygens (including phenoxy) is 1. The van der Waals surface area contributed by atoms with Crippen LogP contribution in [0.3, 0.4) is 0 Å². The molecule has 144 valence electrons. The summed E-state index contributed by atoms with van der Waals surface area (Å²) in [5.41, 5.74) is 2.05. The van der Waals surface area contributed by atoms with E-state index in [4.69, 9.17) is 11.2 Å². The van der Waals surface area contributed by atoms with Gasteiger partial charge in [0.15, 0.2) is 0 Å². The zero-order valence-electron chi connectivity index (χ0n) is 15.3. The molecule has 0 radical (unpaired) electrons. The van der Waals surface area contributed by atoms with Crippen molar-refractivity contribution in [1.29, 1.82) is 0 Å². The van der Waals surface area contributed by atoms with E-state index < -0.39 is 10.0 Å². The van der Waals surface area contributed by atoms with Crippen LogP contribution in [0.1, 0.15) is 11.1 Å². The summed E-state index contributed by atoms with van der Waals surface area (Å²) in [6.45, 7) is 1.03. The van der Waals surface area contributed by atoms with Crippen LogP contribution in [-0.2, 0) is 23.0 Å². The Hall–Kier alpha value is -3.08. The quantitative estimate of drug-likeness (QED) is 0.565. The van der Waals surface area contributed by atoms with E-state index in [-0.39, 0.29) is 18.0 Å². The van der Waals surface area contributed by atoms with E-state index >= 15 is 0 Å². The number of terminal acetylenes is 1. The van der Waals surface area contributed by atoms with Crippen LogP contribution in [0.2, 0.25) is 0 Å². The summed E-state index contributed by atoms with van der Waals surface area (Å²) in [4.78, 5) is 0.154. The summed E-state index contributed by atoms with van der Waals surface area (Å²) in [5.74, 6) is 3.09. The number of nitrogens with zero attached hydrogens (tertiary/aromatic N) is 2. The van der Waals surface area contributed by atoms with Gasteiger partial charge >= 0.3 is 0 Å². The number of nitrogens with one attached hydrogen (secondary N) is 1. The third-order valence-corrected chi connectivity index (χ3v) is 5.47. The van der Waals surface area contributed by atoms with E-state index in [1.54, 1.807) is 4.68 Å². The van der Waals surface area contributed by atoms with Crippen molar-refractivity contribution in [3.8, 4) is 18.1 Å². The van der Waals surface area contributed by atoms with Crippen molar-refractivity contribution in [3.63, 3.8) is 0 Å². The first-order valence-electron chi connectivity index (χ1n) is 8.78. The second kappa shape index (κ2) is 9.22. The summed E-state index contributed by atoms with van der Waals surface area (Å²) < 4.78 is 34.5. The van der Waals surface area contributed by atoms with Gasteiger partial charge in [0.25, 0.3) is 0 Å². The molecule has 0 aliphatic rings. The standard InChI is InChI=1S/C21H21N3O3S/c1-2-14-27-20-10-8-18(9-11-20)12-13-23-28(25,26)21-15-22-24(17-21)16-19-6-4-3-5-7-19/h1,3-11,15,17,23H,12-14,16H2. The highest BCUT2D eigenvalue weighted by Gasteiger charge is 2.16. The number of hydrogen-bond donors (Lipinski definition) is 1. The molecule has 28 heavy (non-hydrogen) atoms. The predicted octanol–water partition coefficient (Wildman–Crippen LogP) is 2.46. The maximum absolute atomic E-state index is 12.5. The van der Waals surface area contributed by atoms with Crippen LogP contribution in [0.25, 0.3) is 0 Å². The Morgan fingerprint density at radius 2 is 1.82 bits per heavy atom. The molecular formula is C21H21N3O3S. The highest BCUT2D eigenvalue weighted by molar-refractivity contribution is 7.89. The van der Waals surface area contributed by atoms with Crippen LogP contribution in [0, 0.1) is 12.3 Å². The van der Waals surface area contributed by atoms with E-state index in [0.29, 0.717) is 18.7 Å². The Balaban J connectivity index is 1.53. The van der Waals surface area contributed by atoms with Crippen molar-refractivity contribution in [2.75, 3.05) is 13.2 Å². The van der Waals surface area contributed by atoms with Crippen molar-refractivity contribution < 1.29 is 13.2 Å². The van der Waals surface area contributed by atoms with Crippen LogP contribution in [0.5, 0.6) is 5.75 Å². The average Bonchev–Trinajstić information content (AvgIpc) is 3.17. The van der Waals surface area contributed by atoms with E-state index in [0.717, 1.165) is 11.1 Å². The zero-order chi connectivity index (χ0) is 19.8. The molecular weight excluding hydrogens is 374 g/mol. The Bertz CT molecular complexity index is 1040. The van der Waals surface area contributed by atoms with E-state index in [9.17, 15) is 8.42 Å². The topological polar surface area (TPSA) is 73.2 Å². The van der Waals surface area contributed by atoms with Crippen LogP contribution < -0.4 is 9.46 Å². The second-order valence-electron chi connectivity index (χ2n) is 6.14. The monoisotopic (exact) mass is 395 g/mol. The fourth-order valence-corrected chi connectivity index (χ4v) is 3.61. The number of sulfonamides is 1. The molecule has 3 aromatic rings. The Kier molecular flexibility index (Phi) is 6.48. The van der Waals surface area contributed by atoms with Gasteiger partial charge in [0.2, 0.25) is 10.0 Å². The Morgan fingerprint density at radius 3 is 2.54 bits per heavy atom. The van der Waals surface area contributed by atoms with Gasteiger partial charge in [0.1, 0.15) is 17.3 Å². The molecule has 6 nitrogen and oxygen atoms in total. The molecule has 0 atom stereocenters. The van der Waals surface area contributed by atoms with Gasteiger partial charge in [0.05, 0.1) is 12.7 Å². The van der Waals surface area contributed by atoms with Crippen LogP contribution in [0.15, 0.2) is 71.9 Å². The number of aromatic nitrogens is 2. The van der Waals surface area contributed by atoms with Crippen molar-refractivity contribution in [3.05, 3.63) is 78.1 Å². The van der Waals surface area contributed by atoms with Crippen molar-refractivity contribution >= 4 is 10.0 Å². The van der Waals surface area contributed by atoms with Crippen molar-refractivity contribution in [1.82, 2.24) is 14.5 Å². The molecule has 1 aromatic heterocycles. The third-order valence-electron chi connectivity index (χ3n) is 4.06. The summed E-state index contributed by atoms with van der Waals surface area (Å²) in [6.07, 6.45) is 8.62. The highest BCUT2D eigenvalue weighted by Crippen LogP contribution is 2.13. The van der Waals surface area contributed by atoms with Gasteiger partial charge in [-0.3, -0.25) is 4.68 Å². The molecule has 1 N–H and O–H groups in total. The zero-order valence-corrected chi connectivity index (χ0v) is 16.1. The largest absolute Gasteiger partial charge is 0.481 e. The van der Waals surface area contributed by atoms with E-state index in [1.807, 2.05) is 54.6 Å². The molecule has 0 unspecified atom stereocenters. The minimum Gasteiger partial charge on any atom is -0.481 e. The molecule has 0 bridgehead atoms. The molecule has 0 aliphatic heterocycles. The predicted molar refractivity (Wildman–Crippen MR) is 107 cm³/mol. The molecule has 1 heterocycles. The summed E-state index contributed by atoms with van der Waals surface area (Å²) in [7, 11) is -3.60. The molecule has 2 aromatic carbocycles. The van der Waals surface area contributed by atoms with Crippen molar-refractivity contribution in [2.24, 2.45) is 0 Å². The lowest BCUT2D eigenvalue weighted by atomic mass is 10.1. The van der Waals surface area contributed by atoms with Gasteiger partial charge in [-0.25, -0.2) is 13.1 Å². The molecule has 0 fully saturated rings. The van der Waals surface area contributed by atoms with Gasteiger partial charge in [-0.1, -0.05) is 48.4 Å². The first-order chi connectivity index (χ1) is 13.6. The molecule has 7 heteroatoms. The summed E-state index contributed by atoms with van der Waals surface area (Å²) in [6, 6.07) is 17.1. The summed E-state index contributed by atoms with van der Waals surface area (Å²) >= 11 is 0. The first kappa shape index (κ1) is 19.7. The lowest BCUT2D eigenvalue weighted by molar-refractivity contribution is 0.370. The maximum Gasteiger partial charge on any atom is 0.243 e. The SMILES string of the molecule is C#CCOc1ccc(CCNS(=O)(=O)c2cnn(Cc3ccccc3)c2)cc1. The number of rotatable bonds is 9. The van der Waals surface area contributed by atoms with Crippen molar-refractivity contribution in [2.45, 2.75) is 17.9 Å². The minimum absolute atomic E-state index is 0.154. The fraction of sp³-hybridized carbons (Fsp3) is 0.190. The van der Waals surface area contributed by atoms with Crippen LogP contribution in [-0.4, -0.2) is 31.3 Å². The van der Waals surface area contributed by atoms with Crippen LogP contribution >= 0.6 is 0 Å². The van der Waals surface area contributed by atoms with Gasteiger partial charge < -0.3 is 4.74 Å². The number of hydrogen-bond acceptors (Lipinski definition) is 4. The normalized spacial score (nSPS) is 11.1. The van der Waals surface area contributed by atoms with Gasteiger partial charge in [-0.2, -0.15) is 5.10 Å². The third kappa shape index (κ3) is 5.46. The highest BCUT2D eigenvalue weighted by atomic mass is 32.2. The number of benzene rings is 2. The molecule has 0 spiro atoms. The lowest BCUT2D eigenvalue weighted by Crippen LogP contribution is -2.25. The Morgan fingerprint density at radius 1 is 1.07 bits per heavy atom. The molecule has 0 saturated heterocycles. The van der Waals surface area contributed by atoms with Gasteiger partial charge in [0, 0.05) is 12.7 Å². The second-order valence-corrected chi connectivity index (χ2v) is 7.91. The van der Waals surface area contributed by atoms with E-state index in [2.05, 4.69) is 15.7 Å². The maximum atomic E-state index is 12.5. The molecule has 3 rings (SSSR count). The van der Waals surface area contributed by atoms with Crippen LogP contribution in [0.4, 0.5) is 0 Å². The first-order valence-corrected chi connectivity index (χ1v) is 10.3. The average molecular weight is 395 g/mol. The molecule has 0 amide bonds. The lowest BCUT2D eigenvalue weighted by Gasteiger charge is -2.06. The summed E-state index contributed by atoms with van der Waals surface area (Å²) in [5, 5.41) is 4.15. The van der Waals surface area contributed by atoms with Gasteiger partial charge in [-0.15, -0.1) is 6.42 Å². The fourth-order valence-electron chi connectivity index (χ4n) is 2.63.